The minimum Gasteiger partial charge on any atom is -0.489 e. The van der Waals surface area contributed by atoms with Crippen molar-refractivity contribution in [2.24, 2.45) is 0 Å². The van der Waals surface area contributed by atoms with Crippen LogP contribution >= 0.6 is 0 Å². The van der Waals surface area contributed by atoms with E-state index in [1.54, 1.807) is 30.3 Å². The Kier molecular flexibility index (Phi) is 6.54. The molecule has 1 heterocycles. The predicted molar refractivity (Wildman–Crippen MR) is 124 cm³/mol. The number of carbonyl (C=O) groups excluding carboxylic acids is 2. The zero-order chi connectivity index (χ0) is 24.1. The van der Waals surface area contributed by atoms with Crippen LogP contribution in [0.1, 0.15) is 23.0 Å². The molecule has 9 heteroatoms. The van der Waals surface area contributed by atoms with Crippen molar-refractivity contribution in [2.45, 2.75) is 19.6 Å². The molecule has 0 spiro atoms. The highest BCUT2D eigenvalue weighted by molar-refractivity contribution is 5.99. The van der Waals surface area contributed by atoms with E-state index in [1.807, 2.05) is 24.3 Å². The van der Waals surface area contributed by atoms with Gasteiger partial charge in [-0.05, 0) is 31.2 Å². The number of ether oxygens (including phenoxy) is 2. The number of carbonyl (C=O) groups is 2. The minimum absolute atomic E-state index is 0.0553. The number of benzene rings is 3. The van der Waals surface area contributed by atoms with E-state index < -0.39 is 22.9 Å². The molecule has 1 atom stereocenters. The monoisotopic (exact) mass is 460 g/mol. The Balaban J connectivity index is 1.50. The van der Waals surface area contributed by atoms with Gasteiger partial charge >= 0.3 is 5.97 Å². The number of nitro benzene ring substituents is 1. The maximum Gasteiger partial charge on any atom is 0.375 e. The number of fused-ring (bicyclic) bond motifs is 1. The smallest absolute Gasteiger partial charge is 0.375 e. The molecule has 4 rings (SSSR count). The highest BCUT2D eigenvalue weighted by atomic mass is 16.6. The zero-order valence-electron chi connectivity index (χ0n) is 18.1. The van der Waals surface area contributed by atoms with Crippen LogP contribution in [0.5, 0.6) is 5.75 Å². The third-order valence-electron chi connectivity index (χ3n) is 4.99. The Labute approximate surface area is 194 Å². The average molecular weight is 460 g/mol. The molecule has 0 aliphatic heterocycles. The minimum atomic E-state index is -1.19. The van der Waals surface area contributed by atoms with Crippen molar-refractivity contribution in [1.29, 1.82) is 0 Å². The Bertz CT molecular complexity index is 1350. The molecule has 0 aliphatic rings. The number of rotatable bonds is 8. The van der Waals surface area contributed by atoms with E-state index in [-0.39, 0.29) is 23.7 Å². The number of non-ortho nitro benzene ring substituents is 1. The molecule has 0 aliphatic carbocycles. The van der Waals surface area contributed by atoms with Crippen molar-refractivity contribution >= 4 is 34.2 Å². The van der Waals surface area contributed by atoms with E-state index in [1.165, 1.54) is 31.2 Å². The number of para-hydroxylation sites is 2. The quantitative estimate of drug-likeness (QED) is 0.220. The highest BCUT2D eigenvalue weighted by Crippen LogP contribution is 2.28. The van der Waals surface area contributed by atoms with Crippen LogP contribution in [-0.4, -0.2) is 22.9 Å². The maximum atomic E-state index is 12.9. The fourth-order valence-electron chi connectivity index (χ4n) is 3.29. The summed E-state index contributed by atoms with van der Waals surface area (Å²) in [4.78, 5) is 35.8. The number of nitro groups is 1. The summed E-state index contributed by atoms with van der Waals surface area (Å²) in [5.74, 6) is -0.916. The molecule has 1 aromatic heterocycles. The number of furan rings is 1. The number of hydrogen-bond acceptors (Lipinski definition) is 7. The Morgan fingerprint density at radius 1 is 1.03 bits per heavy atom. The summed E-state index contributed by atoms with van der Waals surface area (Å²) < 4.78 is 16.9. The van der Waals surface area contributed by atoms with Gasteiger partial charge in [0.25, 0.3) is 11.6 Å². The molecule has 0 unspecified atom stereocenters. The Morgan fingerprint density at radius 2 is 1.76 bits per heavy atom. The summed E-state index contributed by atoms with van der Waals surface area (Å²) in [6.07, 6.45) is -1.19. The van der Waals surface area contributed by atoms with Gasteiger partial charge in [0.2, 0.25) is 5.76 Å². The molecule has 9 nitrogen and oxygen atoms in total. The summed E-state index contributed by atoms with van der Waals surface area (Å²) in [6, 6.07) is 21.7. The van der Waals surface area contributed by atoms with Crippen LogP contribution in [0.15, 0.2) is 83.3 Å². The second kappa shape index (κ2) is 9.86. The molecule has 1 amide bonds. The SMILES string of the molecule is C[C@H](OC(=O)c1oc2ccccc2c1COc1ccccc1)C(=O)Nc1cccc([N+](=O)[O-])c1. The number of hydrogen-bond donors (Lipinski definition) is 1. The lowest BCUT2D eigenvalue weighted by molar-refractivity contribution is -0.384. The summed E-state index contributed by atoms with van der Waals surface area (Å²) >= 11 is 0. The lowest BCUT2D eigenvalue weighted by Crippen LogP contribution is -2.30. The predicted octanol–water partition coefficient (Wildman–Crippen LogP) is 5.10. The standard InChI is InChI=1S/C25H20N2O7/c1-16(24(28)26-17-8-7-9-18(14-17)27(30)31)33-25(29)23-21(15-32-19-10-3-2-4-11-19)20-12-5-6-13-22(20)34-23/h2-14,16H,15H2,1H3,(H,26,28)/t16-/m0/s1. The molecular formula is C25H20N2O7. The largest absolute Gasteiger partial charge is 0.489 e. The molecule has 34 heavy (non-hydrogen) atoms. The summed E-state index contributed by atoms with van der Waals surface area (Å²) in [5, 5.41) is 14.1. The lowest BCUT2D eigenvalue weighted by Gasteiger charge is -2.13. The molecule has 1 N–H and O–H groups in total. The second-order valence-corrected chi connectivity index (χ2v) is 7.35. The van der Waals surface area contributed by atoms with Crippen molar-refractivity contribution in [3.63, 3.8) is 0 Å². The first-order valence-electron chi connectivity index (χ1n) is 10.4. The molecule has 3 aromatic carbocycles. The summed E-state index contributed by atoms with van der Waals surface area (Å²) in [7, 11) is 0. The number of anilines is 1. The van der Waals surface area contributed by atoms with E-state index >= 15 is 0 Å². The van der Waals surface area contributed by atoms with Crippen LogP contribution in [0.25, 0.3) is 11.0 Å². The lowest BCUT2D eigenvalue weighted by atomic mass is 10.1. The second-order valence-electron chi connectivity index (χ2n) is 7.35. The fourth-order valence-corrected chi connectivity index (χ4v) is 3.29. The maximum absolute atomic E-state index is 12.9. The van der Waals surface area contributed by atoms with Crippen LogP contribution in [0.4, 0.5) is 11.4 Å². The van der Waals surface area contributed by atoms with Crippen LogP contribution in [0, 0.1) is 10.1 Å². The highest BCUT2D eigenvalue weighted by Gasteiger charge is 2.26. The van der Waals surface area contributed by atoms with Crippen LogP contribution < -0.4 is 10.1 Å². The van der Waals surface area contributed by atoms with Gasteiger partial charge in [-0.2, -0.15) is 0 Å². The molecular weight excluding hydrogens is 440 g/mol. The average Bonchev–Trinajstić information content (AvgIpc) is 3.22. The number of esters is 1. The van der Waals surface area contributed by atoms with Crippen molar-refractivity contribution in [3.05, 3.63) is 100 Å². The third kappa shape index (κ3) is 5.04. The van der Waals surface area contributed by atoms with Gasteiger partial charge in [0, 0.05) is 23.2 Å². The van der Waals surface area contributed by atoms with Crippen molar-refractivity contribution < 1.29 is 28.4 Å². The van der Waals surface area contributed by atoms with E-state index in [2.05, 4.69) is 5.32 Å². The van der Waals surface area contributed by atoms with Crippen LogP contribution in [0.2, 0.25) is 0 Å². The third-order valence-corrected chi connectivity index (χ3v) is 4.99. The number of nitrogens with one attached hydrogen (secondary N) is 1. The van der Waals surface area contributed by atoms with Crippen molar-refractivity contribution in [1.82, 2.24) is 0 Å². The topological polar surface area (TPSA) is 121 Å². The molecule has 0 bridgehead atoms. The molecule has 0 saturated carbocycles. The molecule has 0 fully saturated rings. The first-order chi connectivity index (χ1) is 16.4. The number of amides is 1. The van der Waals surface area contributed by atoms with Gasteiger partial charge in [-0.25, -0.2) is 4.79 Å². The molecule has 172 valence electrons. The fraction of sp³-hybridized carbons (Fsp3) is 0.120. The molecule has 0 saturated heterocycles. The van der Waals surface area contributed by atoms with Gasteiger partial charge in [-0.15, -0.1) is 0 Å². The van der Waals surface area contributed by atoms with Gasteiger partial charge in [0.05, 0.1) is 10.5 Å². The number of nitrogens with zero attached hydrogens (tertiary/aromatic N) is 1. The Morgan fingerprint density at radius 3 is 2.53 bits per heavy atom. The van der Waals surface area contributed by atoms with Crippen molar-refractivity contribution in [2.75, 3.05) is 5.32 Å². The zero-order valence-corrected chi connectivity index (χ0v) is 18.1. The normalized spacial score (nSPS) is 11.6. The molecule has 4 aromatic rings. The van der Waals surface area contributed by atoms with Crippen LogP contribution in [-0.2, 0) is 16.1 Å². The van der Waals surface area contributed by atoms with Gasteiger partial charge < -0.3 is 19.2 Å². The summed E-state index contributed by atoms with van der Waals surface area (Å²) in [6.45, 7) is 1.45. The van der Waals surface area contributed by atoms with E-state index in [0.29, 0.717) is 22.3 Å². The van der Waals surface area contributed by atoms with E-state index in [9.17, 15) is 19.7 Å². The van der Waals surface area contributed by atoms with Gasteiger partial charge in [-0.1, -0.05) is 42.5 Å². The van der Waals surface area contributed by atoms with Gasteiger partial charge in [-0.3, -0.25) is 14.9 Å². The van der Waals surface area contributed by atoms with Crippen LogP contribution in [0.3, 0.4) is 0 Å². The van der Waals surface area contributed by atoms with Crippen molar-refractivity contribution in [3.8, 4) is 5.75 Å². The first kappa shape index (κ1) is 22.5. The first-order valence-corrected chi connectivity index (χ1v) is 10.4. The Hall–Kier alpha value is -4.66. The molecule has 0 radical (unpaired) electrons. The van der Waals surface area contributed by atoms with E-state index in [0.717, 1.165) is 0 Å². The summed E-state index contributed by atoms with van der Waals surface area (Å²) in [5.41, 5.74) is 1.01. The van der Waals surface area contributed by atoms with Gasteiger partial charge in [0.1, 0.15) is 17.9 Å². The van der Waals surface area contributed by atoms with E-state index in [4.69, 9.17) is 13.9 Å². The van der Waals surface area contributed by atoms with Gasteiger partial charge in [0.15, 0.2) is 6.10 Å².